The normalized spacial score (nSPS) is 25.7. The lowest BCUT2D eigenvalue weighted by atomic mass is 10.1. The number of nitrogens with zero attached hydrogens (tertiary/aromatic N) is 2. The lowest BCUT2D eigenvalue weighted by Crippen LogP contribution is -2.43. The number of nitrogens with one attached hydrogen (secondary N) is 1. The van der Waals surface area contributed by atoms with Crippen LogP contribution in [0, 0.1) is 0 Å². The summed E-state index contributed by atoms with van der Waals surface area (Å²) >= 11 is 5.95. The van der Waals surface area contributed by atoms with Gasteiger partial charge < -0.3 is 15.2 Å². The Morgan fingerprint density at radius 3 is 2.85 bits per heavy atom. The molecule has 1 amide bonds. The van der Waals surface area contributed by atoms with Crippen molar-refractivity contribution in [1.82, 2.24) is 15.2 Å². The third kappa shape index (κ3) is 3.53. The number of fused-ring (bicyclic) bond motifs is 1. The molecule has 0 spiro atoms. The molecule has 7 heteroatoms. The Morgan fingerprint density at radius 2 is 2.08 bits per heavy atom. The molecule has 136 valence electrons. The molecule has 6 nitrogen and oxygen atoms in total. The smallest absolute Gasteiger partial charge is 0.273 e. The molecule has 0 unspecified atom stereocenters. The molecule has 4 rings (SSSR count). The van der Waals surface area contributed by atoms with Crippen LogP contribution in [0.5, 0.6) is 5.75 Å². The molecular formula is C19H20ClN3O3. The van der Waals surface area contributed by atoms with Crippen molar-refractivity contribution in [3.05, 3.63) is 58.9 Å². The summed E-state index contributed by atoms with van der Waals surface area (Å²) in [5.74, 6) is -0.449. The molecule has 2 aromatic rings. The summed E-state index contributed by atoms with van der Waals surface area (Å²) in [6, 6.07) is 11.1. The molecule has 2 saturated heterocycles. The SMILES string of the molecule is O=C(N[C@@H]1C[C@H]2CO[C@@H](c3ccc(Cl)cc3)CN2C1)c1ncccc1O. The molecule has 0 radical (unpaired) electrons. The van der Waals surface area contributed by atoms with Gasteiger partial charge >= 0.3 is 0 Å². The Hall–Kier alpha value is -2.15. The first-order valence-corrected chi connectivity index (χ1v) is 9.04. The number of rotatable bonds is 3. The topological polar surface area (TPSA) is 74.7 Å². The summed E-state index contributed by atoms with van der Waals surface area (Å²) in [6.07, 6.45) is 2.34. The quantitative estimate of drug-likeness (QED) is 0.864. The van der Waals surface area contributed by atoms with Gasteiger partial charge in [-0.15, -0.1) is 0 Å². The van der Waals surface area contributed by atoms with Crippen molar-refractivity contribution in [2.75, 3.05) is 19.7 Å². The molecule has 3 atom stereocenters. The molecule has 2 fully saturated rings. The van der Waals surface area contributed by atoms with E-state index in [1.165, 1.54) is 12.3 Å². The summed E-state index contributed by atoms with van der Waals surface area (Å²) < 4.78 is 6.03. The van der Waals surface area contributed by atoms with Gasteiger partial charge in [-0.1, -0.05) is 23.7 Å². The van der Waals surface area contributed by atoms with Gasteiger partial charge in [-0.3, -0.25) is 9.69 Å². The zero-order valence-electron chi connectivity index (χ0n) is 14.1. The highest BCUT2D eigenvalue weighted by Crippen LogP contribution is 2.31. The van der Waals surface area contributed by atoms with E-state index in [-0.39, 0.29) is 29.5 Å². The van der Waals surface area contributed by atoms with Crippen molar-refractivity contribution in [1.29, 1.82) is 0 Å². The highest BCUT2D eigenvalue weighted by Gasteiger charge is 2.38. The maximum atomic E-state index is 12.3. The van der Waals surface area contributed by atoms with E-state index < -0.39 is 0 Å². The Labute approximate surface area is 156 Å². The zero-order chi connectivity index (χ0) is 18.1. The lowest BCUT2D eigenvalue weighted by molar-refractivity contribution is -0.0502. The van der Waals surface area contributed by atoms with E-state index in [0.717, 1.165) is 25.1 Å². The molecule has 2 N–H and O–H groups in total. The van der Waals surface area contributed by atoms with Crippen LogP contribution in [0.1, 0.15) is 28.6 Å². The van der Waals surface area contributed by atoms with E-state index in [0.29, 0.717) is 17.7 Å². The summed E-state index contributed by atoms with van der Waals surface area (Å²) in [5.41, 5.74) is 1.17. The van der Waals surface area contributed by atoms with Crippen molar-refractivity contribution in [2.24, 2.45) is 0 Å². The first-order chi connectivity index (χ1) is 12.6. The summed E-state index contributed by atoms with van der Waals surface area (Å²) in [7, 11) is 0. The van der Waals surface area contributed by atoms with E-state index in [2.05, 4.69) is 15.2 Å². The van der Waals surface area contributed by atoms with Gasteiger partial charge in [0.1, 0.15) is 5.75 Å². The highest BCUT2D eigenvalue weighted by atomic mass is 35.5. The standard InChI is InChI=1S/C19H20ClN3O3/c20-13-5-3-12(4-6-13)17-10-23-9-14(8-15(23)11-26-17)22-19(25)18-16(24)2-1-7-21-18/h1-7,14-15,17,24H,8-11H2,(H,22,25)/t14-,15+,17-/m1/s1. The summed E-state index contributed by atoms with van der Waals surface area (Å²) in [6.45, 7) is 2.18. The number of aromatic hydroxyl groups is 1. The van der Waals surface area contributed by atoms with Gasteiger partial charge in [0.2, 0.25) is 0 Å². The average molecular weight is 374 g/mol. The first kappa shape index (κ1) is 17.3. The second-order valence-corrected chi connectivity index (χ2v) is 7.19. The Kier molecular flexibility index (Phi) is 4.80. The minimum atomic E-state index is -0.344. The number of morpholine rings is 1. The largest absolute Gasteiger partial charge is 0.505 e. The van der Waals surface area contributed by atoms with Crippen molar-refractivity contribution < 1.29 is 14.6 Å². The molecule has 1 aromatic carbocycles. The maximum absolute atomic E-state index is 12.3. The fraction of sp³-hybridized carbons (Fsp3) is 0.368. The monoisotopic (exact) mass is 373 g/mol. The molecule has 0 bridgehead atoms. The van der Waals surface area contributed by atoms with Crippen LogP contribution in [0.2, 0.25) is 5.02 Å². The fourth-order valence-electron chi connectivity index (χ4n) is 3.68. The Balaban J connectivity index is 1.38. The molecule has 2 aliphatic heterocycles. The predicted octanol–water partition coefficient (Wildman–Crippen LogP) is 2.38. The van der Waals surface area contributed by atoms with Crippen LogP contribution in [0.3, 0.4) is 0 Å². The molecule has 26 heavy (non-hydrogen) atoms. The second kappa shape index (κ2) is 7.23. The Bertz CT molecular complexity index is 799. The summed E-state index contributed by atoms with van der Waals surface area (Å²) in [4.78, 5) is 18.7. The van der Waals surface area contributed by atoms with Crippen molar-refractivity contribution >= 4 is 17.5 Å². The number of amides is 1. The number of aromatic nitrogens is 1. The number of carbonyl (C=O) groups excluding carboxylic acids is 1. The van der Waals surface area contributed by atoms with Gasteiger partial charge in [0.15, 0.2) is 5.69 Å². The van der Waals surface area contributed by atoms with Crippen LogP contribution in [0.4, 0.5) is 0 Å². The Morgan fingerprint density at radius 1 is 1.27 bits per heavy atom. The summed E-state index contributed by atoms with van der Waals surface area (Å²) in [5, 5.41) is 13.5. The average Bonchev–Trinajstić information content (AvgIpc) is 3.04. The lowest BCUT2D eigenvalue weighted by Gasteiger charge is -2.35. The van der Waals surface area contributed by atoms with Gasteiger partial charge in [0.25, 0.3) is 5.91 Å². The third-order valence-corrected chi connectivity index (χ3v) is 5.25. The van der Waals surface area contributed by atoms with Crippen molar-refractivity contribution in [3.63, 3.8) is 0 Å². The van der Waals surface area contributed by atoms with E-state index in [1.54, 1.807) is 6.07 Å². The van der Waals surface area contributed by atoms with Crippen molar-refractivity contribution in [3.8, 4) is 5.75 Å². The molecule has 0 aliphatic carbocycles. The fourth-order valence-corrected chi connectivity index (χ4v) is 3.81. The molecule has 0 saturated carbocycles. The van der Waals surface area contributed by atoms with Crippen LogP contribution in [-0.2, 0) is 4.74 Å². The second-order valence-electron chi connectivity index (χ2n) is 6.76. The number of hydrogen-bond donors (Lipinski definition) is 2. The van der Waals surface area contributed by atoms with E-state index in [1.807, 2.05) is 24.3 Å². The number of halogens is 1. The minimum Gasteiger partial charge on any atom is -0.505 e. The van der Waals surface area contributed by atoms with Gasteiger partial charge in [-0.2, -0.15) is 0 Å². The number of carbonyl (C=O) groups is 1. The van der Waals surface area contributed by atoms with Crippen LogP contribution >= 0.6 is 11.6 Å². The molecule has 1 aromatic heterocycles. The highest BCUT2D eigenvalue weighted by molar-refractivity contribution is 6.30. The van der Waals surface area contributed by atoms with Gasteiger partial charge in [0.05, 0.1) is 12.7 Å². The number of benzene rings is 1. The van der Waals surface area contributed by atoms with Crippen LogP contribution in [0.15, 0.2) is 42.6 Å². The van der Waals surface area contributed by atoms with Gasteiger partial charge in [0, 0.05) is 36.4 Å². The predicted molar refractivity (Wildman–Crippen MR) is 97.3 cm³/mol. The molecular weight excluding hydrogens is 354 g/mol. The van der Waals surface area contributed by atoms with Gasteiger partial charge in [-0.25, -0.2) is 4.98 Å². The van der Waals surface area contributed by atoms with E-state index in [4.69, 9.17) is 16.3 Å². The van der Waals surface area contributed by atoms with E-state index >= 15 is 0 Å². The van der Waals surface area contributed by atoms with Crippen LogP contribution < -0.4 is 5.32 Å². The van der Waals surface area contributed by atoms with Crippen LogP contribution in [0.25, 0.3) is 0 Å². The van der Waals surface area contributed by atoms with Gasteiger partial charge in [-0.05, 0) is 36.2 Å². The minimum absolute atomic E-state index is 0.0119. The number of hydrogen-bond acceptors (Lipinski definition) is 5. The van der Waals surface area contributed by atoms with E-state index in [9.17, 15) is 9.90 Å². The zero-order valence-corrected chi connectivity index (χ0v) is 14.9. The van der Waals surface area contributed by atoms with Crippen molar-refractivity contribution in [2.45, 2.75) is 24.6 Å². The molecule has 2 aliphatic rings. The number of pyridine rings is 1. The maximum Gasteiger partial charge on any atom is 0.273 e. The first-order valence-electron chi connectivity index (χ1n) is 8.66. The third-order valence-electron chi connectivity index (χ3n) is 5.00. The molecule has 3 heterocycles. The van der Waals surface area contributed by atoms with Crippen LogP contribution in [-0.4, -0.2) is 52.7 Å². The number of ether oxygens (including phenoxy) is 1.